The molecule has 1 aliphatic heterocycles. The van der Waals surface area contributed by atoms with Crippen molar-refractivity contribution in [3.63, 3.8) is 0 Å². The van der Waals surface area contributed by atoms with Gasteiger partial charge in [0.05, 0.1) is 17.3 Å². The maximum Gasteiger partial charge on any atom is 0.458 e. The molecule has 2 atom stereocenters. The molecule has 4 rings (SSSR count). The lowest BCUT2D eigenvalue weighted by atomic mass is 9.70. The summed E-state index contributed by atoms with van der Waals surface area (Å²) in [6.07, 6.45) is 0.458. The predicted molar refractivity (Wildman–Crippen MR) is 154 cm³/mol. The zero-order valence-electron chi connectivity index (χ0n) is 22.5. The number of rotatable bonds is 9. The van der Waals surface area contributed by atoms with E-state index in [0.29, 0.717) is 6.32 Å². The molecular formula is C31H39BO3Si. The van der Waals surface area contributed by atoms with E-state index in [1.807, 2.05) is 6.07 Å². The minimum Gasteiger partial charge on any atom is -0.405 e. The first-order chi connectivity index (χ1) is 17.0. The van der Waals surface area contributed by atoms with Gasteiger partial charge in [0.1, 0.15) is 0 Å². The van der Waals surface area contributed by atoms with Crippen LogP contribution >= 0.6 is 0 Å². The smallest absolute Gasteiger partial charge is 0.405 e. The fourth-order valence-corrected chi connectivity index (χ4v) is 6.90. The van der Waals surface area contributed by atoms with E-state index in [9.17, 15) is 0 Å². The fraction of sp³-hybridized carbons (Fsp3) is 0.355. The standard InChI is InChI=1S/C31H39BO3Si/c1-24(25-17-11-8-12-18-25)28(23-32-34-30(2,3)31(4,5)35-32)29(26-19-13-9-14-20-26)33-36(6,7)27-21-15-10-16-22-27/h8-22,28-29H,1,23H2,2-7H3/t28-,29-/m1/s1. The lowest BCUT2D eigenvalue weighted by molar-refractivity contribution is 0.00578. The maximum absolute atomic E-state index is 7.20. The van der Waals surface area contributed by atoms with E-state index in [1.165, 1.54) is 5.19 Å². The van der Waals surface area contributed by atoms with Crippen LogP contribution in [0.5, 0.6) is 0 Å². The SMILES string of the molecule is C=C(c1ccccc1)[C@@H](CB1OC(C)(C)C(C)(C)O1)[C@H](O[Si](C)(C)c1ccccc1)c1ccccc1. The molecule has 188 valence electrons. The van der Waals surface area contributed by atoms with Gasteiger partial charge in [-0.1, -0.05) is 97.6 Å². The van der Waals surface area contributed by atoms with Gasteiger partial charge in [0.15, 0.2) is 0 Å². The second-order valence-corrected chi connectivity index (χ2v) is 15.1. The molecule has 5 heteroatoms. The molecule has 1 aliphatic rings. The average Bonchev–Trinajstić information content (AvgIpc) is 3.08. The summed E-state index contributed by atoms with van der Waals surface area (Å²) in [6.45, 7) is 17.6. The van der Waals surface area contributed by atoms with E-state index in [0.717, 1.165) is 16.7 Å². The van der Waals surface area contributed by atoms with Crippen LogP contribution in [0.4, 0.5) is 0 Å². The van der Waals surface area contributed by atoms with Crippen LogP contribution in [0.25, 0.3) is 5.57 Å². The monoisotopic (exact) mass is 498 g/mol. The Bertz CT molecular complexity index is 1130. The van der Waals surface area contributed by atoms with Gasteiger partial charge in [0.2, 0.25) is 8.32 Å². The molecule has 3 nitrogen and oxygen atoms in total. The Morgan fingerprint density at radius 2 is 1.28 bits per heavy atom. The molecule has 1 heterocycles. The summed E-state index contributed by atoms with van der Waals surface area (Å²) in [5.41, 5.74) is 2.52. The van der Waals surface area contributed by atoms with Crippen molar-refractivity contribution in [1.29, 1.82) is 0 Å². The first-order valence-corrected chi connectivity index (χ1v) is 15.8. The number of hydrogen-bond donors (Lipinski definition) is 0. The Morgan fingerprint density at radius 3 is 1.81 bits per heavy atom. The van der Waals surface area contributed by atoms with Crippen molar-refractivity contribution in [2.24, 2.45) is 5.92 Å². The van der Waals surface area contributed by atoms with Gasteiger partial charge in [0, 0.05) is 5.92 Å². The fourth-order valence-electron chi connectivity index (χ4n) is 4.83. The van der Waals surface area contributed by atoms with Gasteiger partial charge in [-0.2, -0.15) is 0 Å². The van der Waals surface area contributed by atoms with Gasteiger partial charge in [-0.05, 0) is 69.0 Å². The Kier molecular flexibility index (Phi) is 7.77. The molecule has 0 radical (unpaired) electrons. The number of hydrogen-bond acceptors (Lipinski definition) is 3. The van der Waals surface area contributed by atoms with E-state index in [1.54, 1.807) is 0 Å². The molecule has 1 fully saturated rings. The number of benzene rings is 3. The van der Waals surface area contributed by atoms with E-state index in [4.69, 9.17) is 13.7 Å². The highest BCUT2D eigenvalue weighted by molar-refractivity contribution is 6.84. The molecule has 0 aromatic heterocycles. The van der Waals surface area contributed by atoms with E-state index in [2.05, 4.69) is 132 Å². The lowest BCUT2D eigenvalue weighted by Gasteiger charge is -2.36. The van der Waals surface area contributed by atoms with Gasteiger partial charge < -0.3 is 13.7 Å². The van der Waals surface area contributed by atoms with E-state index in [-0.39, 0.29) is 19.1 Å². The topological polar surface area (TPSA) is 27.7 Å². The van der Waals surface area contributed by atoms with Crippen LogP contribution in [0.2, 0.25) is 19.4 Å². The van der Waals surface area contributed by atoms with Crippen molar-refractivity contribution >= 4 is 26.2 Å². The summed E-state index contributed by atoms with van der Waals surface area (Å²) in [5, 5.41) is 1.27. The third-order valence-corrected chi connectivity index (χ3v) is 10.3. The van der Waals surface area contributed by atoms with Crippen molar-refractivity contribution in [1.82, 2.24) is 0 Å². The third kappa shape index (κ3) is 5.76. The van der Waals surface area contributed by atoms with E-state index < -0.39 is 19.5 Å². The minimum absolute atomic E-state index is 0.0417. The third-order valence-electron chi connectivity index (χ3n) is 7.72. The molecule has 1 saturated heterocycles. The van der Waals surface area contributed by atoms with Crippen molar-refractivity contribution in [3.8, 4) is 0 Å². The zero-order chi connectivity index (χ0) is 26.0. The largest absolute Gasteiger partial charge is 0.458 e. The Balaban J connectivity index is 1.75. The first-order valence-electron chi connectivity index (χ1n) is 12.9. The molecule has 0 spiro atoms. The van der Waals surface area contributed by atoms with Crippen LogP contribution < -0.4 is 5.19 Å². The highest BCUT2D eigenvalue weighted by atomic mass is 28.4. The normalized spacial score (nSPS) is 18.6. The van der Waals surface area contributed by atoms with Crippen LogP contribution in [0.1, 0.15) is 44.9 Å². The quantitative estimate of drug-likeness (QED) is 0.290. The van der Waals surface area contributed by atoms with Gasteiger partial charge in [-0.25, -0.2) is 0 Å². The molecule has 3 aromatic rings. The van der Waals surface area contributed by atoms with Gasteiger partial charge in [-0.3, -0.25) is 0 Å². The van der Waals surface area contributed by atoms with E-state index >= 15 is 0 Å². The van der Waals surface area contributed by atoms with Crippen molar-refractivity contribution < 1.29 is 13.7 Å². The van der Waals surface area contributed by atoms with Crippen LogP contribution in [-0.4, -0.2) is 26.6 Å². The molecule has 0 saturated carbocycles. The molecule has 36 heavy (non-hydrogen) atoms. The molecule has 0 N–H and O–H groups in total. The summed E-state index contributed by atoms with van der Waals surface area (Å²) >= 11 is 0. The molecule has 0 aliphatic carbocycles. The molecule has 3 aromatic carbocycles. The highest BCUT2D eigenvalue weighted by Gasteiger charge is 2.52. The van der Waals surface area contributed by atoms with Gasteiger partial charge >= 0.3 is 7.12 Å². The minimum atomic E-state index is -2.27. The van der Waals surface area contributed by atoms with Crippen LogP contribution in [0.15, 0.2) is 97.6 Å². The van der Waals surface area contributed by atoms with Crippen LogP contribution in [-0.2, 0) is 13.7 Å². The van der Waals surface area contributed by atoms with Crippen molar-refractivity contribution in [3.05, 3.63) is 109 Å². The average molecular weight is 499 g/mol. The van der Waals surface area contributed by atoms with Gasteiger partial charge in [0.25, 0.3) is 0 Å². The summed E-state index contributed by atoms with van der Waals surface area (Å²) in [4.78, 5) is 0. The maximum atomic E-state index is 7.20. The first kappa shape index (κ1) is 26.6. The predicted octanol–water partition coefficient (Wildman–Crippen LogP) is 7.28. The second-order valence-electron chi connectivity index (χ2n) is 11.2. The Hall–Kier alpha value is -2.44. The second kappa shape index (κ2) is 10.5. The van der Waals surface area contributed by atoms with Crippen molar-refractivity contribution in [2.45, 2.75) is 64.4 Å². The summed E-state index contributed by atoms with van der Waals surface area (Å²) in [5.74, 6) is -0.0417. The molecular weight excluding hydrogens is 459 g/mol. The Labute approximate surface area is 218 Å². The summed E-state index contributed by atoms with van der Waals surface area (Å²) in [6, 6.07) is 31.6. The van der Waals surface area contributed by atoms with Gasteiger partial charge in [-0.15, -0.1) is 0 Å². The summed E-state index contributed by atoms with van der Waals surface area (Å²) in [7, 11) is -2.62. The Morgan fingerprint density at radius 1 is 0.806 bits per heavy atom. The van der Waals surface area contributed by atoms with Crippen LogP contribution in [0, 0.1) is 5.92 Å². The molecule has 0 bridgehead atoms. The van der Waals surface area contributed by atoms with Crippen molar-refractivity contribution in [2.75, 3.05) is 0 Å². The zero-order valence-corrected chi connectivity index (χ0v) is 23.5. The lowest BCUT2D eigenvalue weighted by Crippen LogP contribution is -2.47. The summed E-state index contributed by atoms with van der Waals surface area (Å²) < 4.78 is 20.1. The molecule has 0 unspecified atom stereocenters. The van der Waals surface area contributed by atoms with Crippen LogP contribution in [0.3, 0.4) is 0 Å². The molecule has 0 amide bonds. The highest BCUT2D eigenvalue weighted by Crippen LogP contribution is 2.45.